The minimum absolute atomic E-state index is 0.264. The van der Waals surface area contributed by atoms with Crippen LogP contribution in [0.1, 0.15) is 30.2 Å². The Labute approximate surface area is 124 Å². The molecule has 0 aliphatic heterocycles. The van der Waals surface area contributed by atoms with Crippen molar-refractivity contribution in [3.8, 4) is 17.2 Å². The molecule has 1 aromatic carbocycles. The van der Waals surface area contributed by atoms with E-state index in [1.165, 1.54) is 0 Å². The van der Waals surface area contributed by atoms with Crippen LogP contribution >= 0.6 is 11.6 Å². The fourth-order valence-electron chi connectivity index (χ4n) is 2.39. The number of benzene rings is 1. The SMILES string of the molecule is CCCc1c(C)nc(N)c(C#N)c1-c1ccccc1Cl. The molecule has 0 bridgehead atoms. The minimum Gasteiger partial charge on any atom is -0.383 e. The summed E-state index contributed by atoms with van der Waals surface area (Å²) >= 11 is 6.29. The van der Waals surface area contributed by atoms with Crippen LogP contribution in [0.15, 0.2) is 24.3 Å². The van der Waals surface area contributed by atoms with E-state index in [2.05, 4.69) is 18.0 Å². The molecule has 2 aromatic rings. The van der Waals surface area contributed by atoms with E-state index in [4.69, 9.17) is 17.3 Å². The maximum Gasteiger partial charge on any atom is 0.142 e. The molecule has 102 valence electrons. The molecule has 2 N–H and O–H groups in total. The number of hydrogen-bond acceptors (Lipinski definition) is 3. The van der Waals surface area contributed by atoms with Crippen molar-refractivity contribution in [1.82, 2.24) is 4.98 Å². The van der Waals surface area contributed by atoms with Gasteiger partial charge < -0.3 is 5.73 Å². The van der Waals surface area contributed by atoms with E-state index in [1.807, 2.05) is 31.2 Å². The van der Waals surface area contributed by atoms with Gasteiger partial charge in [-0.3, -0.25) is 0 Å². The first-order chi connectivity index (χ1) is 9.60. The third-order valence-corrected chi connectivity index (χ3v) is 3.62. The van der Waals surface area contributed by atoms with Gasteiger partial charge in [-0.15, -0.1) is 0 Å². The summed E-state index contributed by atoms with van der Waals surface area (Å²) in [5.41, 5.74) is 9.89. The van der Waals surface area contributed by atoms with Crippen LogP contribution in [0.2, 0.25) is 5.02 Å². The molecular weight excluding hydrogens is 270 g/mol. The van der Waals surface area contributed by atoms with Crippen LogP contribution in [-0.4, -0.2) is 4.98 Å². The summed E-state index contributed by atoms with van der Waals surface area (Å²) in [6.07, 6.45) is 1.81. The van der Waals surface area contributed by atoms with Gasteiger partial charge >= 0.3 is 0 Å². The summed E-state index contributed by atoms with van der Waals surface area (Å²) in [7, 11) is 0. The van der Waals surface area contributed by atoms with Crippen LogP contribution in [-0.2, 0) is 6.42 Å². The Morgan fingerprint density at radius 3 is 2.65 bits per heavy atom. The second-order valence-corrected chi connectivity index (χ2v) is 5.06. The molecule has 0 amide bonds. The highest BCUT2D eigenvalue weighted by Crippen LogP contribution is 2.36. The number of nitriles is 1. The fourth-order valence-corrected chi connectivity index (χ4v) is 2.62. The van der Waals surface area contributed by atoms with Crippen LogP contribution in [0, 0.1) is 18.3 Å². The summed E-state index contributed by atoms with van der Waals surface area (Å²) in [5, 5.41) is 10.0. The lowest BCUT2D eigenvalue weighted by Crippen LogP contribution is -2.05. The number of nitrogen functional groups attached to an aromatic ring is 1. The molecule has 0 atom stereocenters. The number of anilines is 1. The van der Waals surface area contributed by atoms with Gasteiger partial charge in [0.15, 0.2) is 0 Å². The third kappa shape index (κ3) is 2.48. The van der Waals surface area contributed by atoms with E-state index in [0.29, 0.717) is 10.6 Å². The number of hydrogen-bond donors (Lipinski definition) is 1. The lowest BCUT2D eigenvalue weighted by atomic mass is 9.92. The van der Waals surface area contributed by atoms with E-state index in [9.17, 15) is 5.26 Å². The van der Waals surface area contributed by atoms with Gasteiger partial charge in [0.2, 0.25) is 0 Å². The number of aryl methyl sites for hydroxylation is 1. The summed E-state index contributed by atoms with van der Waals surface area (Å²) in [6, 6.07) is 9.68. The van der Waals surface area contributed by atoms with Gasteiger partial charge in [-0.2, -0.15) is 5.26 Å². The second kappa shape index (κ2) is 5.94. The predicted molar refractivity (Wildman–Crippen MR) is 82.5 cm³/mol. The number of rotatable bonds is 3. The molecule has 1 aromatic heterocycles. The van der Waals surface area contributed by atoms with Crippen LogP contribution in [0.3, 0.4) is 0 Å². The van der Waals surface area contributed by atoms with Crippen molar-refractivity contribution in [1.29, 1.82) is 5.26 Å². The fraction of sp³-hybridized carbons (Fsp3) is 0.250. The van der Waals surface area contributed by atoms with E-state index in [1.54, 1.807) is 0 Å². The van der Waals surface area contributed by atoms with Gasteiger partial charge in [0.1, 0.15) is 17.5 Å². The van der Waals surface area contributed by atoms with Gasteiger partial charge in [0.25, 0.3) is 0 Å². The van der Waals surface area contributed by atoms with E-state index >= 15 is 0 Å². The second-order valence-electron chi connectivity index (χ2n) is 4.65. The van der Waals surface area contributed by atoms with Crippen molar-refractivity contribution in [2.75, 3.05) is 5.73 Å². The first-order valence-corrected chi connectivity index (χ1v) is 6.91. The highest BCUT2D eigenvalue weighted by Gasteiger charge is 2.19. The Morgan fingerprint density at radius 2 is 2.05 bits per heavy atom. The molecule has 1 heterocycles. The number of pyridine rings is 1. The van der Waals surface area contributed by atoms with Crippen LogP contribution < -0.4 is 5.73 Å². The summed E-state index contributed by atoms with van der Waals surface area (Å²) < 4.78 is 0. The smallest absolute Gasteiger partial charge is 0.142 e. The average molecular weight is 286 g/mol. The van der Waals surface area contributed by atoms with Crippen molar-refractivity contribution in [3.63, 3.8) is 0 Å². The molecule has 20 heavy (non-hydrogen) atoms. The summed E-state index contributed by atoms with van der Waals surface area (Å²) in [6.45, 7) is 4.01. The van der Waals surface area contributed by atoms with Crippen LogP contribution in [0.4, 0.5) is 5.82 Å². The van der Waals surface area contributed by atoms with Gasteiger partial charge in [-0.1, -0.05) is 43.1 Å². The van der Waals surface area contributed by atoms with Gasteiger partial charge in [0.05, 0.1) is 0 Å². The molecule has 0 radical (unpaired) electrons. The number of nitrogens with zero attached hydrogens (tertiary/aromatic N) is 2. The molecule has 2 rings (SSSR count). The highest BCUT2D eigenvalue weighted by atomic mass is 35.5. The predicted octanol–water partition coefficient (Wildman–Crippen LogP) is 4.12. The zero-order chi connectivity index (χ0) is 14.7. The zero-order valence-electron chi connectivity index (χ0n) is 11.6. The summed E-state index contributed by atoms with van der Waals surface area (Å²) in [5.74, 6) is 0.264. The first-order valence-electron chi connectivity index (χ1n) is 6.54. The quantitative estimate of drug-likeness (QED) is 0.923. The molecule has 4 heteroatoms. The van der Waals surface area contributed by atoms with Crippen LogP contribution in [0.25, 0.3) is 11.1 Å². The van der Waals surface area contributed by atoms with Crippen LogP contribution in [0.5, 0.6) is 0 Å². The minimum atomic E-state index is 0.264. The number of aromatic nitrogens is 1. The number of nitrogens with two attached hydrogens (primary N) is 1. The largest absolute Gasteiger partial charge is 0.383 e. The molecule has 0 fully saturated rings. The molecule has 0 saturated heterocycles. The molecular formula is C16H16ClN3. The van der Waals surface area contributed by atoms with Crippen molar-refractivity contribution >= 4 is 17.4 Å². The topological polar surface area (TPSA) is 62.7 Å². The van der Waals surface area contributed by atoms with E-state index in [0.717, 1.165) is 35.2 Å². The molecule has 0 unspecified atom stereocenters. The molecule has 0 aliphatic carbocycles. The van der Waals surface area contributed by atoms with E-state index < -0.39 is 0 Å². The van der Waals surface area contributed by atoms with Crippen molar-refractivity contribution in [2.45, 2.75) is 26.7 Å². The zero-order valence-corrected chi connectivity index (χ0v) is 12.3. The first kappa shape index (κ1) is 14.4. The molecule has 3 nitrogen and oxygen atoms in total. The Balaban J connectivity index is 2.85. The third-order valence-electron chi connectivity index (χ3n) is 3.29. The van der Waals surface area contributed by atoms with Crippen molar-refractivity contribution < 1.29 is 0 Å². The maximum absolute atomic E-state index is 9.42. The van der Waals surface area contributed by atoms with Gasteiger partial charge in [-0.25, -0.2) is 4.98 Å². The maximum atomic E-state index is 9.42. The lowest BCUT2D eigenvalue weighted by molar-refractivity contribution is 0.901. The Hall–Kier alpha value is -2.05. The summed E-state index contributed by atoms with van der Waals surface area (Å²) in [4.78, 5) is 4.29. The Morgan fingerprint density at radius 1 is 1.35 bits per heavy atom. The standard InChI is InChI=1S/C16H16ClN3/c1-3-6-11-10(2)20-16(19)13(9-18)15(11)12-7-4-5-8-14(12)17/h4-5,7-8H,3,6H2,1-2H3,(H2,19,20). The Bertz CT molecular complexity index is 687. The van der Waals surface area contributed by atoms with E-state index in [-0.39, 0.29) is 5.82 Å². The average Bonchev–Trinajstić information content (AvgIpc) is 2.42. The molecule has 0 saturated carbocycles. The van der Waals surface area contributed by atoms with Crippen molar-refractivity contribution in [3.05, 3.63) is 46.1 Å². The van der Waals surface area contributed by atoms with Crippen molar-refractivity contribution in [2.24, 2.45) is 0 Å². The molecule has 0 aliphatic rings. The van der Waals surface area contributed by atoms with Gasteiger partial charge in [-0.05, 0) is 25.0 Å². The monoisotopic (exact) mass is 285 g/mol. The van der Waals surface area contributed by atoms with Gasteiger partial charge in [0, 0.05) is 21.8 Å². The normalized spacial score (nSPS) is 10.3. The Kier molecular flexibility index (Phi) is 4.26. The number of halogens is 1. The molecule has 0 spiro atoms. The highest BCUT2D eigenvalue weighted by molar-refractivity contribution is 6.33. The lowest BCUT2D eigenvalue weighted by Gasteiger charge is -2.16.